The molecule has 1 rings (SSSR count). The van der Waals surface area contributed by atoms with E-state index >= 15 is 0 Å². The second-order valence-corrected chi connectivity index (χ2v) is 5.21. The van der Waals surface area contributed by atoms with Crippen LogP contribution in [0, 0.1) is 6.92 Å². The summed E-state index contributed by atoms with van der Waals surface area (Å²) in [5.41, 5.74) is 6.66. The van der Waals surface area contributed by atoms with Crippen LogP contribution in [0.2, 0.25) is 5.02 Å². The number of anilines is 2. The van der Waals surface area contributed by atoms with Gasteiger partial charge in [0.05, 0.1) is 23.5 Å². The second-order valence-electron chi connectivity index (χ2n) is 3.39. The predicted molar refractivity (Wildman–Crippen MR) is 68.7 cm³/mol. The van der Waals surface area contributed by atoms with Crippen molar-refractivity contribution in [3.63, 3.8) is 0 Å². The van der Waals surface area contributed by atoms with Gasteiger partial charge in [-0.3, -0.25) is 4.72 Å². The van der Waals surface area contributed by atoms with Gasteiger partial charge in [0.25, 0.3) is 0 Å². The molecule has 0 aliphatic carbocycles. The van der Waals surface area contributed by atoms with E-state index in [1.165, 1.54) is 12.1 Å². The molecule has 0 spiro atoms. The Balaban J connectivity index is 2.98. The van der Waals surface area contributed by atoms with E-state index < -0.39 is 16.3 Å². The summed E-state index contributed by atoms with van der Waals surface area (Å²) in [6.07, 6.45) is -1.10. The molecule has 9 heteroatoms. The Hall–Kier alpha value is -1.67. The molecule has 1 aromatic carbocycles. The van der Waals surface area contributed by atoms with E-state index in [0.717, 1.165) is 7.11 Å². The number of aryl methyl sites for hydroxylation is 1. The fourth-order valence-corrected chi connectivity index (χ4v) is 2.16. The van der Waals surface area contributed by atoms with Gasteiger partial charge >= 0.3 is 16.3 Å². The summed E-state index contributed by atoms with van der Waals surface area (Å²) < 4.78 is 31.0. The van der Waals surface area contributed by atoms with Crippen LogP contribution in [0.5, 0.6) is 0 Å². The van der Waals surface area contributed by atoms with Crippen molar-refractivity contribution in [2.45, 2.75) is 6.92 Å². The molecular formula is C9H12ClN3O4S. The molecule has 4 N–H and O–H groups in total. The fourth-order valence-electron chi connectivity index (χ4n) is 1.14. The first-order valence-corrected chi connectivity index (χ1v) is 6.55. The van der Waals surface area contributed by atoms with Gasteiger partial charge in [-0.25, -0.2) is 9.52 Å². The van der Waals surface area contributed by atoms with Crippen LogP contribution in [0.3, 0.4) is 0 Å². The van der Waals surface area contributed by atoms with E-state index in [2.05, 4.69) is 9.46 Å². The predicted octanol–water partition coefficient (Wildman–Crippen LogP) is 1.24. The Labute approximate surface area is 109 Å². The van der Waals surface area contributed by atoms with Gasteiger partial charge in [0, 0.05) is 0 Å². The summed E-state index contributed by atoms with van der Waals surface area (Å²) in [5.74, 6) is 0. The van der Waals surface area contributed by atoms with Crippen molar-refractivity contribution in [1.29, 1.82) is 0 Å². The number of hydrogen-bond acceptors (Lipinski definition) is 5. The normalized spacial score (nSPS) is 10.8. The molecule has 0 aliphatic heterocycles. The number of benzene rings is 1. The molecule has 7 nitrogen and oxygen atoms in total. The van der Waals surface area contributed by atoms with Crippen LogP contribution in [-0.4, -0.2) is 21.6 Å². The van der Waals surface area contributed by atoms with Crippen LogP contribution in [0.15, 0.2) is 12.1 Å². The van der Waals surface area contributed by atoms with Gasteiger partial charge in [-0.2, -0.15) is 8.42 Å². The van der Waals surface area contributed by atoms with Crippen molar-refractivity contribution in [3.8, 4) is 0 Å². The zero-order valence-corrected chi connectivity index (χ0v) is 11.2. The van der Waals surface area contributed by atoms with Crippen molar-refractivity contribution in [3.05, 3.63) is 22.7 Å². The lowest BCUT2D eigenvalue weighted by atomic mass is 10.2. The Morgan fingerprint density at radius 2 is 2.06 bits per heavy atom. The first-order valence-electron chi connectivity index (χ1n) is 4.69. The molecule has 100 valence electrons. The van der Waals surface area contributed by atoms with Gasteiger partial charge in [-0.05, 0) is 24.6 Å². The highest BCUT2D eigenvalue weighted by atomic mass is 35.5. The number of ether oxygens (including phenoxy) is 1. The van der Waals surface area contributed by atoms with Crippen molar-refractivity contribution in [2.75, 3.05) is 17.6 Å². The van der Waals surface area contributed by atoms with E-state index in [4.69, 9.17) is 17.3 Å². The SMILES string of the molecule is COC(=O)NS(=O)(=O)Nc1cc(Cl)c(N)cc1C. The van der Waals surface area contributed by atoms with E-state index in [0.29, 0.717) is 11.3 Å². The van der Waals surface area contributed by atoms with Gasteiger partial charge in [0.2, 0.25) is 0 Å². The Kier molecular flexibility index (Phi) is 4.25. The van der Waals surface area contributed by atoms with E-state index in [-0.39, 0.29) is 10.7 Å². The number of hydrogen-bond donors (Lipinski definition) is 3. The van der Waals surface area contributed by atoms with Crippen molar-refractivity contribution >= 4 is 39.3 Å². The maximum atomic E-state index is 11.5. The summed E-state index contributed by atoms with van der Waals surface area (Å²) >= 11 is 5.78. The molecule has 0 saturated heterocycles. The van der Waals surface area contributed by atoms with Gasteiger partial charge in [-0.15, -0.1) is 0 Å². The highest BCUT2D eigenvalue weighted by Crippen LogP contribution is 2.27. The average Bonchev–Trinajstić information content (AvgIpc) is 2.24. The molecule has 0 bridgehead atoms. The molecular weight excluding hydrogens is 282 g/mol. The van der Waals surface area contributed by atoms with Crippen LogP contribution in [-0.2, 0) is 14.9 Å². The van der Waals surface area contributed by atoms with E-state index in [1.54, 1.807) is 11.6 Å². The van der Waals surface area contributed by atoms with Crippen LogP contribution in [0.4, 0.5) is 16.2 Å². The monoisotopic (exact) mass is 293 g/mol. The molecule has 0 fully saturated rings. The number of carbonyl (C=O) groups is 1. The molecule has 0 aromatic heterocycles. The van der Waals surface area contributed by atoms with Crippen LogP contribution >= 0.6 is 11.6 Å². The Morgan fingerprint density at radius 3 is 2.61 bits per heavy atom. The number of nitrogen functional groups attached to an aromatic ring is 1. The van der Waals surface area contributed by atoms with Crippen molar-refractivity contribution in [2.24, 2.45) is 0 Å². The smallest absolute Gasteiger partial charge is 0.422 e. The number of amides is 1. The van der Waals surface area contributed by atoms with Crippen molar-refractivity contribution in [1.82, 2.24) is 4.72 Å². The number of nitrogens with one attached hydrogen (secondary N) is 2. The second kappa shape index (κ2) is 5.32. The minimum absolute atomic E-state index is 0.205. The largest absolute Gasteiger partial charge is 0.452 e. The topological polar surface area (TPSA) is 111 Å². The molecule has 0 aliphatic rings. The minimum atomic E-state index is -4.07. The highest BCUT2D eigenvalue weighted by Gasteiger charge is 2.16. The van der Waals surface area contributed by atoms with Gasteiger partial charge < -0.3 is 10.5 Å². The third kappa shape index (κ3) is 3.67. The number of methoxy groups -OCH3 is 1. The summed E-state index contributed by atoms with van der Waals surface area (Å²) in [5, 5.41) is 0.205. The van der Waals surface area contributed by atoms with Gasteiger partial charge in [-0.1, -0.05) is 11.6 Å². The van der Waals surface area contributed by atoms with E-state index in [9.17, 15) is 13.2 Å². The first-order chi connectivity index (χ1) is 8.25. The zero-order valence-electron chi connectivity index (χ0n) is 9.65. The van der Waals surface area contributed by atoms with Crippen LogP contribution in [0.25, 0.3) is 0 Å². The number of carbonyl (C=O) groups excluding carboxylic acids is 1. The molecule has 1 aromatic rings. The van der Waals surface area contributed by atoms with Gasteiger partial charge in [0.15, 0.2) is 0 Å². The molecule has 0 heterocycles. The molecule has 0 unspecified atom stereocenters. The fraction of sp³-hybridized carbons (Fsp3) is 0.222. The third-order valence-electron chi connectivity index (χ3n) is 1.99. The molecule has 0 saturated carbocycles. The number of halogens is 1. The Morgan fingerprint density at radius 1 is 1.44 bits per heavy atom. The maximum absolute atomic E-state index is 11.5. The summed E-state index contributed by atoms with van der Waals surface area (Å²) in [6.45, 7) is 1.64. The average molecular weight is 294 g/mol. The molecule has 0 atom stereocenters. The maximum Gasteiger partial charge on any atom is 0.422 e. The summed E-state index contributed by atoms with van der Waals surface area (Å²) in [7, 11) is -3.02. The van der Waals surface area contributed by atoms with Gasteiger partial charge in [0.1, 0.15) is 0 Å². The molecule has 0 radical (unpaired) electrons. The lowest BCUT2D eigenvalue weighted by Gasteiger charge is -2.12. The zero-order chi connectivity index (χ0) is 13.9. The molecule has 1 amide bonds. The quantitative estimate of drug-likeness (QED) is 0.726. The lowest BCUT2D eigenvalue weighted by molar-refractivity contribution is 0.177. The summed E-state index contributed by atoms with van der Waals surface area (Å²) in [6, 6.07) is 2.86. The summed E-state index contributed by atoms with van der Waals surface area (Å²) in [4.78, 5) is 10.8. The number of rotatable bonds is 3. The molecule has 18 heavy (non-hydrogen) atoms. The van der Waals surface area contributed by atoms with E-state index in [1.807, 2.05) is 0 Å². The Bertz CT molecular complexity index is 573. The standard InChI is InChI=1S/C9H12ClN3O4S/c1-5-3-7(11)6(10)4-8(5)12-18(15,16)13-9(14)17-2/h3-4,12H,11H2,1-2H3,(H,13,14). The lowest BCUT2D eigenvalue weighted by Crippen LogP contribution is -2.35. The third-order valence-corrected chi connectivity index (χ3v) is 3.24. The first kappa shape index (κ1) is 14.4. The van der Waals surface area contributed by atoms with Crippen LogP contribution in [0.1, 0.15) is 5.56 Å². The minimum Gasteiger partial charge on any atom is -0.452 e. The van der Waals surface area contributed by atoms with Crippen LogP contribution < -0.4 is 15.2 Å². The highest BCUT2D eigenvalue weighted by molar-refractivity contribution is 7.91. The number of nitrogens with two attached hydrogens (primary N) is 1. The van der Waals surface area contributed by atoms with Crippen molar-refractivity contribution < 1.29 is 17.9 Å².